The summed E-state index contributed by atoms with van der Waals surface area (Å²) in [7, 11) is 0. The van der Waals surface area contributed by atoms with Gasteiger partial charge in [0.15, 0.2) is 0 Å². The van der Waals surface area contributed by atoms with Crippen LogP contribution in [0.5, 0.6) is 0 Å². The van der Waals surface area contributed by atoms with Gasteiger partial charge in [-0.25, -0.2) is 9.18 Å². The highest BCUT2D eigenvalue weighted by atomic mass is 32.1. The Morgan fingerprint density at radius 1 is 0.926 bits per heavy atom. The highest BCUT2D eigenvalue weighted by Gasteiger charge is 2.13. The van der Waals surface area contributed by atoms with Gasteiger partial charge in [-0.05, 0) is 29.8 Å². The van der Waals surface area contributed by atoms with Crippen molar-refractivity contribution in [3.05, 3.63) is 76.0 Å². The largest absolute Gasteiger partial charge is 0.334 e. The van der Waals surface area contributed by atoms with Crippen molar-refractivity contribution in [2.24, 2.45) is 0 Å². The maximum Gasteiger partial charge on any atom is 0.315 e. The second-order valence-electron chi connectivity index (χ2n) is 5.48. The zero-order chi connectivity index (χ0) is 19.1. The van der Waals surface area contributed by atoms with Crippen LogP contribution in [0.3, 0.4) is 0 Å². The lowest BCUT2D eigenvalue weighted by atomic mass is 10.2. The summed E-state index contributed by atoms with van der Waals surface area (Å²) in [5.41, 5.74) is 1.44. The summed E-state index contributed by atoms with van der Waals surface area (Å²) in [5, 5.41) is 16.5. The van der Waals surface area contributed by atoms with E-state index in [1.54, 1.807) is 24.3 Å². The molecule has 0 unspecified atom stereocenters. The number of aromatic nitrogens is 2. The Hall–Kier alpha value is -3.33. The molecule has 0 aliphatic carbocycles. The molecule has 7 nitrogen and oxygen atoms in total. The number of urea groups is 1. The number of nitrogens with one attached hydrogen (secondary N) is 3. The lowest BCUT2D eigenvalue weighted by Gasteiger charge is -2.06. The second-order valence-corrected chi connectivity index (χ2v) is 6.55. The predicted octanol–water partition coefficient (Wildman–Crippen LogP) is 2.93. The van der Waals surface area contributed by atoms with Crippen LogP contribution in [-0.4, -0.2) is 22.1 Å². The van der Waals surface area contributed by atoms with E-state index in [0.29, 0.717) is 10.7 Å². The molecule has 3 amide bonds. The highest BCUT2D eigenvalue weighted by molar-refractivity contribution is 7.13. The van der Waals surface area contributed by atoms with Gasteiger partial charge in [-0.3, -0.25) is 4.79 Å². The SMILES string of the molecule is O=C(NCc1ccc(F)cc1)NCc1nnc(C(=O)Nc2ccccc2)s1. The summed E-state index contributed by atoms with van der Waals surface area (Å²) in [5.74, 6) is -0.683. The molecular formula is C18H16FN5O2S. The number of benzene rings is 2. The highest BCUT2D eigenvalue weighted by Crippen LogP contribution is 2.13. The Labute approximate surface area is 158 Å². The average Bonchev–Trinajstić information content (AvgIpc) is 3.16. The third-order valence-corrected chi connectivity index (χ3v) is 4.38. The van der Waals surface area contributed by atoms with Crippen molar-refractivity contribution in [1.82, 2.24) is 20.8 Å². The second kappa shape index (κ2) is 8.86. The molecule has 0 saturated carbocycles. The first-order chi connectivity index (χ1) is 13.1. The van der Waals surface area contributed by atoms with Crippen LogP contribution in [0.4, 0.5) is 14.9 Å². The molecule has 0 atom stereocenters. The Morgan fingerprint density at radius 3 is 2.37 bits per heavy atom. The van der Waals surface area contributed by atoms with Crippen molar-refractivity contribution in [2.75, 3.05) is 5.32 Å². The summed E-state index contributed by atoms with van der Waals surface area (Å²) < 4.78 is 12.8. The number of hydrogen-bond acceptors (Lipinski definition) is 5. The molecule has 0 saturated heterocycles. The number of halogens is 1. The summed E-state index contributed by atoms with van der Waals surface area (Å²) in [6.07, 6.45) is 0. The quantitative estimate of drug-likeness (QED) is 0.608. The van der Waals surface area contributed by atoms with Gasteiger partial charge in [-0.1, -0.05) is 41.7 Å². The molecule has 0 aliphatic rings. The summed E-state index contributed by atoms with van der Waals surface area (Å²) >= 11 is 1.10. The number of amides is 3. The normalized spacial score (nSPS) is 10.3. The molecule has 1 heterocycles. The van der Waals surface area contributed by atoms with Crippen molar-refractivity contribution >= 4 is 29.0 Å². The minimum atomic E-state index is -0.398. The predicted molar refractivity (Wildman–Crippen MR) is 99.8 cm³/mol. The number of carbonyl (C=O) groups is 2. The summed E-state index contributed by atoms with van der Waals surface area (Å²) in [6.45, 7) is 0.415. The van der Waals surface area contributed by atoms with E-state index < -0.39 is 6.03 Å². The van der Waals surface area contributed by atoms with E-state index in [0.717, 1.165) is 16.9 Å². The number of hydrogen-bond donors (Lipinski definition) is 3. The van der Waals surface area contributed by atoms with Crippen LogP contribution in [0.15, 0.2) is 54.6 Å². The molecule has 0 radical (unpaired) electrons. The lowest BCUT2D eigenvalue weighted by molar-refractivity contribution is 0.102. The molecule has 138 valence electrons. The van der Waals surface area contributed by atoms with E-state index >= 15 is 0 Å². The molecule has 0 bridgehead atoms. The van der Waals surface area contributed by atoms with E-state index in [1.807, 2.05) is 18.2 Å². The number of nitrogens with zero attached hydrogens (tertiary/aromatic N) is 2. The van der Waals surface area contributed by atoms with E-state index in [-0.39, 0.29) is 29.8 Å². The van der Waals surface area contributed by atoms with Crippen LogP contribution in [0.1, 0.15) is 20.4 Å². The lowest BCUT2D eigenvalue weighted by Crippen LogP contribution is -2.34. The van der Waals surface area contributed by atoms with Gasteiger partial charge in [0.25, 0.3) is 5.91 Å². The molecular weight excluding hydrogens is 369 g/mol. The maximum atomic E-state index is 12.8. The molecule has 0 fully saturated rings. The van der Waals surface area contributed by atoms with Gasteiger partial charge in [0.1, 0.15) is 10.8 Å². The fourth-order valence-corrected chi connectivity index (χ4v) is 2.80. The standard InChI is InChI=1S/C18H16FN5O2S/c19-13-8-6-12(7-9-13)10-20-18(26)21-11-15-23-24-17(27-15)16(25)22-14-4-2-1-3-5-14/h1-9H,10-11H2,(H,22,25)(H2,20,21,26). The Kier molecular flexibility index (Phi) is 6.06. The third-order valence-electron chi connectivity index (χ3n) is 3.46. The van der Waals surface area contributed by atoms with Gasteiger partial charge in [-0.2, -0.15) is 0 Å². The molecule has 2 aromatic carbocycles. The number of para-hydroxylation sites is 1. The molecule has 0 aliphatic heterocycles. The Bertz CT molecular complexity index is 915. The van der Waals surface area contributed by atoms with E-state index in [2.05, 4.69) is 26.1 Å². The monoisotopic (exact) mass is 385 g/mol. The van der Waals surface area contributed by atoms with Crippen molar-refractivity contribution in [1.29, 1.82) is 0 Å². The topological polar surface area (TPSA) is 96.0 Å². The zero-order valence-electron chi connectivity index (χ0n) is 14.1. The van der Waals surface area contributed by atoms with Crippen molar-refractivity contribution in [3.63, 3.8) is 0 Å². The molecule has 3 N–H and O–H groups in total. The molecule has 9 heteroatoms. The molecule has 3 rings (SSSR count). The average molecular weight is 385 g/mol. The number of carbonyl (C=O) groups excluding carboxylic acids is 2. The Balaban J connectivity index is 1.45. The summed E-state index contributed by atoms with van der Waals surface area (Å²) in [6, 6.07) is 14.5. The zero-order valence-corrected chi connectivity index (χ0v) is 14.9. The van der Waals surface area contributed by atoms with Gasteiger partial charge in [0.05, 0.1) is 6.54 Å². The van der Waals surface area contributed by atoms with Gasteiger partial charge >= 0.3 is 6.03 Å². The van der Waals surface area contributed by atoms with Crippen molar-refractivity contribution in [3.8, 4) is 0 Å². The first-order valence-electron chi connectivity index (χ1n) is 8.05. The van der Waals surface area contributed by atoms with Crippen molar-refractivity contribution in [2.45, 2.75) is 13.1 Å². The first kappa shape index (κ1) is 18.5. The van der Waals surface area contributed by atoms with E-state index in [9.17, 15) is 14.0 Å². The van der Waals surface area contributed by atoms with Gasteiger partial charge in [0.2, 0.25) is 5.01 Å². The van der Waals surface area contributed by atoms with Crippen LogP contribution in [0, 0.1) is 5.82 Å². The Morgan fingerprint density at radius 2 is 1.63 bits per heavy atom. The first-order valence-corrected chi connectivity index (χ1v) is 8.87. The van der Waals surface area contributed by atoms with Crippen LogP contribution < -0.4 is 16.0 Å². The molecule has 27 heavy (non-hydrogen) atoms. The minimum Gasteiger partial charge on any atom is -0.334 e. The molecule has 3 aromatic rings. The van der Waals surface area contributed by atoms with E-state index in [4.69, 9.17) is 0 Å². The van der Waals surface area contributed by atoms with Gasteiger partial charge in [-0.15, -0.1) is 10.2 Å². The van der Waals surface area contributed by atoms with Gasteiger partial charge < -0.3 is 16.0 Å². The smallest absolute Gasteiger partial charge is 0.315 e. The van der Waals surface area contributed by atoms with Crippen LogP contribution in [0.2, 0.25) is 0 Å². The third kappa shape index (κ3) is 5.58. The van der Waals surface area contributed by atoms with Gasteiger partial charge in [0, 0.05) is 12.2 Å². The van der Waals surface area contributed by atoms with E-state index in [1.165, 1.54) is 12.1 Å². The maximum absolute atomic E-state index is 12.8. The van der Waals surface area contributed by atoms with Crippen molar-refractivity contribution < 1.29 is 14.0 Å². The summed E-state index contributed by atoms with van der Waals surface area (Å²) in [4.78, 5) is 23.9. The number of rotatable bonds is 6. The fourth-order valence-electron chi connectivity index (χ4n) is 2.13. The fraction of sp³-hybridized carbons (Fsp3) is 0.111. The molecule has 1 aromatic heterocycles. The minimum absolute atomic E-state index is 0.144. The van der Waals surface area contributed by atoms with Crippen LogP contribution in [-0.2, 0) is 13.1 Å². The number of anilines is 1. The van der Waals surface area contributed by atoms with Crippen LogP contribution >= 0.6 is 11.3 Å². The van der Waals surface area contributed by atoms with Crippen LogP contribution in [0.25, 0.3) is 0 Å². The molecule has 0 spiro atoms.